The third-order valence-corrected chi connectivity index (χ3v) is 11.8. The SMILES string of the molecule is CC1(c2ccc(-c3cccc(-c4cc(-c5ccc(-c6cccc7c6oc6ccccc67)cc5)nc(-c5ccccc5)n4)c3)cc2)c2ccccc2-c2ccccc21. The molecule has 2 heterocycles. The van der Waals surface area contributed by atoms with Gasteiger partial charge >= 0.3 is 0 Å². The van der Waals surface area contributed by atoms with E-state index in [9.17, 15) is 0 Å². The highest BCUT2D eigenvalue weighted by molar-refractivity contribution is 6.09. The van der Waals surface area contributed by atoms with Crippen LogP contribution in [0.15, 0.2) is 205 Å². The molecule has 0 saturated carbocycles. The van der Waals surface area contributed by atoms with Gasteiger partial charge < -0.3 is 4.42 Å². The fraction of sp³-hybridized carbons (Fsp3) is 0.0370. The van der Waals surface area contributed by atoms with Crippen LogP contribution in [0.4, 0.5) is 0 Å². The Balaban J connectivity index is 0.955. The molecule has 0 spiro atoms. The van der Waals surface area contributed by atoms with Gasteiger partial charge in [0.05, 0.1) is 11.4 Å². The van der Waals surface area contributed by atoms with E-state index in [4.69, 9.17) is 14.4 Å². The summed E-state index contributed by atoms with van der Waals surface area (Å²) in [7, 11) is 0. The van der Waals surface area contributed by atoms with E-state index < -0.39 is 0 Å². The maximum Gasteiger partial charge on any atom is 0.160 e. The third kappa shape index (κ3) is 5.43. The summed E-state index contributed by atoms with van der Waals surface area (Å²) in [4.78, 5) is 10.3. The highest BCUT2D eigenvalue weighted by Gasteiger charge is 2.40. The van der Waals surface area contributed by atoms with E-state index in [-0.39, 0.29) is 5.41 Å². The molecule has 0 unspecified atom stereocenters. The molecular weight excluding hydrogens is 693 g/mol. The van der Waals surface area contributed by atoms with Crippen molar-refractivity contribution >= 4 is 21.9 Å². The van der Waals surface area contributed by atoms with Gasteiger partial charge in [-0.2, -0.15) is 0 Å². The Morgan fingerprint density at radius 2 is 0.930 bits per heavy atom. The number of aromatic nitrogens is 2. The van der Waals surface area contributed by atoms with Gasteiger partial charge in [0, 0.05) is 38.4 Å². The van der Waals surface area contributed by atoms with Gasteiger partial charge in [-0.15, -0.1) is 0 Å². The van der Waals surface area contributed by atoms with Gasteiger partial charge in [0.15, 0.2) is 5.82 Å². The average Bonchev–Trinajstić information content (AvgIpc) is 3.80. The molecule has 0 bridgehead atoms. The summed E-state index contributed by atoms with van der Waals surface area (Å²) < 4.78 is 6.36. The van der Waals surface area contributed by atoms with Crippen molar-refractivity contribution in [2.24, 2.45) is 0 Å². The first kappa shape index (κ1) is 33.0. The summed E-state index contributed by atoms with van der Waals surface area (Å²) >= 11 is 0. The quantitative estimate of drug-likeness (QED) is 0.171. The van der Waals surface area contributed by atoms with Crippen LogP contribution in [0.1, 0.15) is 23.6 Å². The fourth-order valence-electron chi connectivity index (χ4n) is 8.87. The number of para-hydroxylation sites is 2. The maximum absolute atomic E-state index is 6.36. The molecule has 3 nitrogen and oxygen atoms in total. The number of hydrogen-bond donors (Lipinski definition) is 0. The molecule has 3 heteroatoms. The monoisotopic (exact) mass is 728 g/mol. The number of furan rings is 1. The zero-order chi connectivity index (χ0) is 37.9. The molecule has 0 radical (unpaired) electrons. The summed E-state index contributed by atoms with van der Waals surface area (Å²) in [6, 6.07) is 71.0. The van der Waals surface area contributed by atoms with Crippen LogP contribution in [0.3, 0.4) is 0 Å². The zero-order valence-electron chi connectivity index (χ0n) is 31.4. The molecule has 0 saturated heterocycles. The normalized spacial score (nSPS) is 12.8. The minimum atomic E-state index is -0.224. The second kappa shape index (κ2) is 13.1. The van der Waals surface area contributed by atoms with Crippen molar-refractivity contribution in [3.05, 3.63) is 217 Å². The Morgan fingerprint density at radius 1 is 0.386 bits per heavy atom. The lowest BCUT2D eigenvalue weighted by Crippen LogP contribution is -2.22. The topological polar surface area (TPSA) is 38.9 Å². The van der Waals surface area contributed by atoms with Crippen molar-refractivity contribution in [1.29, 1.82) is 0 Å². The molecule has 0 fully saturated rings. The number of benzene rings is 8. The standard InChI is InChI=1S/C54H36N2O/c1-54(47-22-8-5-17-43(47)44-18-6-9-23-48(44)54)41-31-29-35(30-32-41)39-15-11-16-40(33-39)50-34-49(55-53(56-50)38-13-3-2-4-14-38)37-27-25-36(26-28-37)42-20-12-21-46-45-19-7-10-24-51(45)57-52(42)46/h2-34H,1H3. The fourth-order valence-corrected chi connectivity index (χ4v) is 8.87. The molecule has 0 atom stereocenters. The van der Waals surface area contributed by atoms with Gasteiger partial charge in [0.1, 0.15) is 11.2 Å². The van der Waals surface area contributed by atoms with Gasteiger partial charge in [-0.25, -0.2) is 9.97 Å². The summed E-state index contributed by atoms with van der Waals surface area (Å²) in [5.41, 5.74) is 17.5. The summed E-state index contributed by atoms with van der Waals surface area (Å²) in [6.45, 7) is 2.36. The lowest BCUT2D eigenvalue weighted by Gasteiger charge is -2.28. The predicted octanol–water partition coefficient (Wildman–Crippen LogP) is 14.0. The molecule has 0 amide bonds. The Hall–Kier alpha value is -7.36. The second-order valence-corrected chi connectivity index (χ2v) is 15.1. The first-order valence-corrected chi connectivity index (χ1v) is 19.5. The molecule has 2 aromatic heterocycles. The van der Waals surface area contributed by atoms with Crippen LogP contribution in [0.25, 0.3) is 89.2 Å². The Morgan fingerprint density at radius 3 is 1.68 bits per heavy atom. The van der Waals surface area contributed by atoms with Gasteiger partial charge in [-0.05, 0) is 69.6 Å². The number of rotatable bonds is 6. The van der Waals surface area contributed by atoms with E-state index in [0.29, 0.717) is 5.82 Å². The van der Waals surface area contributed by atoms with Crippen LogP contribution < -0.4 is 0 Å². The highest BCUT2D eigenvalue weighted by Crippen LogP contribution is 2.52. The van der Waals surface area contributed by atoms with Crippen molar-refractivity contribution in [3.63, 3.8) is 0 Å². The predicted molar refractivity (Wildman–Crippen MR) is 234 cm³/mol. The van der Waals surface area contributed by atoms with Crippen molar-refractivity contribution in [2.75, 3.05) is 0 Å². The Labute approximate surface area is 331 Å². The largest absolute Gasteiger partial charge is 0.455 e. The van der Waals surface area contributed by atoms with Crippen molar-refractivity contribution in [1.82, 2.24) is 9.97 Å². The summed E-state index contributed by atoms with van der Waals surface area (Å²) in [5, 5.41) is 2.25. The van der Waals surface area contributed by atoms with Crippen LogP contribution in [0, 0.1) is 0 Å². The molecular formula is C54H36N2O. The van der Waals surface area contributed by atoms with Crippen LogP contribution >= 0.6 is 0 Å². The molecule has 57 heavy (non-hydrogen) atoms. The van der Waals surface area contributed by atoms with Crippen molar-refractivity contribution in [3.8, 4) is 67.3 Å². The van der Waals surface area contributed by atoms with Crippen LogP contribution in [0.2, 0.25) is 0 Å². The van der Waals surface area contributed by atoms with E-state index in [1.165, 1.54) is 27.8 Å². The van der Waals surface area contributed by atoms with Gasteiger partial charge in [-0.1, -0.05) is 182 Å². The van der Waals surface area contributed by atoms with Crippen LogP contribution in [-0.2, 0) is 5.41 Å². The minimum absolute atomic E-state index is 0.224. The van der Waals surface area contributed by atoms with E-state index in [1.807, 2.05) is 30.3 Å². The highest BCUT2D eigenvalue weighted by atomic mass is 16.3. The van der Waals surface area contributed by atoms with E-state index in [2.05, 4.69) is 177 Å². The Bertz CT molecular complexity index is 3080. The summed E-state index contributed by atoms with van der Waals surface area (Å²) in [6.07, 6.45) is 0. The third-order valence-electron chi connectivity index (χ3n) is 11.8. The molecule has 0 aliphatic heterocycles. The zero-order valence-corrected chi connectivity index (χ0v) is 31.4. The van der Waals surface area contributed by atoms with Gasteiger partial charge in [-0.3, -0.25) is 0 Å². The maximum atomic E-state index is 6.36. The lowest BCUT2D eigenvalue weighted by molar-refractivity contribution is 0.670. The first-order chi connectivity index (χ1) is 28.1. The van der Waals surface area contributed by atoms with Crippen molar-refractivity contribution in [2.45, 2.75) is 12.3 Å². The number of hydrogen-bond acceptors (Lipinski definition) is 3. The molecule has 11 rings (SSSR count). The van der Waals surface area contributed by atoms with Crippen LogP contribution in [0.5, 0.6) is 0 Å². The minimum Gasteiger partial charge on any atom is -0.455 e. The second-order valence-electron chi connectivity index (χ2n) is 15.1. The summed E-state index contributed by atoms with van der Waals surface area (Å²) in [5.74, 6) is 0.694. The van der Waals surface area contributed by atoms with Gasteiger partial charge in [0.25, 0.3) is 0 Å². The average molecular weight is 729 g/mol. The Kier molecular flexibility index (Phi) is 7.61. The van der Waals surface area contributed by atoms with E-state index in [1.54, 1.807) is 0 Å². The first-order valence-electron chi connectivity index (χ1n) is 19.5. The number of nitrogens with zero attached hydrogens (tertiary/aromatic N) is 2. The van der Waals surface area contributed by atoms with E-state index >= 15 is 0 Å². The molecule has 1 aliphatic rings. The van der Waals surface area contributed by atoms with Gasteiger partial charge in [0.2, 0.25) is 0 Å². The molecule has 0 N–H and O–H groups in total. The number of fused-ring (bicyclic) bond motifs is 6. The lowest BCUT2D eigenvalue weighted by atomic mass is 9.74. The van der Waals surface area contributed by atoms with Crippen LogP contribution in [-0.4, -0.2) is 9.97 Å². The smallest absolute Gasteiger partial charge is 0.160 e. The molecule has 1 aliphatic carbocycles. The molecule has 268 valence electrons. The van der Waals surface area contributed by atoms with Crippen molar-refractivity contribution < 1.29 is 4.42 Å². The molecule has 10 aromatic rings. The molecule has 8 aromatic carbocycles. The van der Waals surface area contributed by atoms with E-state index in [0.717, 1.165) is 72.3 Å².